The summed E-state index contributed by atoms with van der Waals surface area (Å²) < 4.78 is 5.69. The van der Waals surface area contributed by atoms with Crippen LogP contribution in [-0.4, -0.2) is 46.6 Å². The van der Waals surface area contributed by atoms with Gasteiger partial charge >= 0.3 is 5.97 Å². The minimum absolute atomic E-state index is 0.0336. The molecular formula is C27H30N4O5S. The largest absolute Gasteiger partial charge is 0.456 e. The molecule has 1 aromatic carbocycles. The van der Waals surface area contributed by atoms with Gasteiger partial charge in [-0.05, 0) is 42.9 Å². The number of rotatable bonds is 5. The summed E-state index contributed by atoms with van der Waals surface area (Å²) in [4.78, 5) is 56.1. The zero-order valence-corrected chi connectivity index (χ0v) is 21.4. The third-order valence-corrected chi connectivity index (χ3v) is 5.72. The summed E-state index contributed by atoms with van der Waals surface area (Å²) in [6.07, 6.45) is 4.68. The van der Waals surface area contributed by atoms with E-state index in [4.69, 9.17) is 4.74 Å². The van der Waals surface area contributed by atoms with E-state index in [0.717, 1.165) is 5.56 Å². The Morgan fingerprint density at radius 2 is 1.84 bits per heavy atom. The summed E-state index contributed by atoms with van der Waals surface area (Å²) in [7, 11) is 0. The van der Waals surface area contributed by atoms with Crippen LogP contribution in [-0.2, 0) is 32.1 Å². The number of allylic oxidation sites excluding steroid dienone is 2. The highest BCUT2D eigenvalue weighted by atomic mass is 32.1. The number of amides is 3. The zero-order valence-electron chi connectivity index (χ0n) is 20.5. The first-order chi connectivity index (χ1) is 17.9. The molecule has 10 heteroatoms. The van der Waals surface area contributed by atoms with E-state index in [1.54, 1.807) is 31.2 Å². The number of benzene rings is 1. The summed E-state index contributed by atoms with van der Waals surface area (Å²) in [5, 5.41) is 7.97. The van der Waals surface area contributed by atoms with Gasteiger partial charge in [0.25, 0.3) is 11.8 Å². The highest BCUT2D eigenvalue weighted by Crippen LogP contribution is 2.11. The Kier molecular flexibility index (Phi) is 10.5. The average Bonchev–Trinajstić information content (AvgIpc) is 2.90. The van der Waals surface area contributed by atoms with Gasteiger partial charge in [-0.25, -0.2) is 9.78 Å². The first kappa shape index (κ1) is 27.7. The van der Waals surface area contributed by atoms with E-state index in [1.165, 1.54) is 12.1 Å². The Morgan fingerprint density at radius 3 is 2.57 bits per heavy atom. The van der Waals surface area contributed by atoms with E-state index in [0.29, 0.717) is 17.9 Å². The summed E-state index contributed by atoms with van der Waals surface area (Å²) in [6, 6.07) is 12.9. The first-order valence-electron chi connectivity index (χ1n) is 11.9. The van der Waals surface area contributed by atoms with Crippen LogP contribution in [0.2, 0.25) is 0 Å². The number of esters is 1. The van der Waals surface area contributed by atoms with Gasteiger partial charge in [-0.1, -0.05) is 48.6 Å². The van der Waals surface area contributed by atoms with Gasteiger partial charge in [0.05, 0.1) is 18.7 Å². The van der Waals surface area contributed by atoms with Crippen molar-refractivity contribution in [2.24, 2.45) is 0 Å². The molecule has 0 radical (unpaired) electrons. The fourth-order valence-corrected chi connectivity index (χ4v) is 3.73. The number of pyridine rings is 1. The molecule has 0 saturated heterocycles. The van der Waals surface area contributed by atoms with Gasteiger partial charge in [0.2, 0.25) is 5.91 Å². The highest BCUT2D eigenvalue weighted by Gasteiger charge is 2.28. The van der Waals surface area contributed by atoms with E-state index in [-0.39, 0.29) is 36.7 Å². The summed E-state index contributed by atoms with van der Waals surface area (Å²) in [6.45, 7) is 1.67. The molecule has 0 saturated carbocycles. The summed E-state index contributed by atoms with van der Waals surface area (Å²) >= 11 is 4.18. The Bertz CT molecular complexity index is 1180. The van der Waals surface area contributed by atoms with Crippen molar-refractivity contribution in [3.63, 3.8) is 0 Å². The number of hydrogen-bond acceptors (Lipinski definition) is 7. The molecule has 3 rings (SSSR count). The molecule has 0 unspecified atom stereocenters. The second-order valence-corrected chi connectivity index (χ2v) is 8.73. The molecule has 1 aliphatic rings. The van der Waals surface area contributed by atoms with Crippen molar-refractivity contribution in [2.75, 3.05) is 5.75 Å². The smallest absolute Gasteiger partial charge is 0.329 e. The van der Waals surface area contributed by atoms with Gasteiger partial charge in [-0.3, -0.25) is 14.4 Å². The van der Waals surface area contributed by atoms with E-state index < -0.39 is 29.9 Å². The number of aromatic nitrogens is 1. The monoisotopic (exact) mass is 522 g/mol. The molecule has 9 nitrogen and oxygen atoms in total. The van der Waals surface area contributed by atoms with Gasteiger partial charge in [0.15, 0.2) is 0 Å². The van der Waals surface area contributed by atoms with Crippen LogP contribution in [0, 0.1) is 0 Å². The molecule has 0 fully saturated rings. The van der Waals surface area contributed by atoms with Crippen LogP contribution in [0.4, 0.5) is 0 Å². The summed E-state index contributed by atoms with van der Waals surface area (Å²) in [5.41, 5.74) is 1.31. The molecule has 0 aliphatic carbocycles. The number of carbonyl (C=O) groups excluding carboxylic acids is 4. The predicted octanol–water partition coefficient (Wildman–Crippen LogP) is 2.25. The number of thiol groups is 1. The molecule has 1 aliphatic heterocycles. The number of ether oxygens (including phenoxy) is 1. The number of hydrogen-bond donors (Lipinski definition) is 4. The lowest BCUT2D eigenvalue weighted by Crippen LogP contribution is -2.47. The van der Waals surface area contributed by atoms with Crippen LogP contribution < -0.4 is 16.0 Å². The average molecular weight is 523 g/mol. The normalized spacial score (nSPS) is 20.8. The fourth-order valence-electron chi connectivity index (χ4n) is 3.58. The van der Waals surface area contributed by atoms with Crippen LogP contribution >= 0.6 is 12.6 Å². The van der Waals surface area contributed by atoms with Crippen molar-refractivity contribution >= 4 is 36.3 Å². The highest BCUT2D eigenvalue weighted by molar-refractivity contribution is 7.80. The van der Waals surface area contributed by atoms with E-state index in [9.17, 15) is 19.2 Å². The molecule has 2 bridgehead atoms. The topological polar surface area (TPSA) is 126 Å². The fraction of sp³-hybridized carbons (Fsp3) is 0.296. The van der Waals surface area contributed by atoms with Crippen LogP contribution in [0.3, 0.4) is 0 Å². The van der Waals surface area contributed by atoms with Crippen molar-refractivity contribution in [2.45, 2.75) is 44.9 Å². The molecule has 194 valence electrons. The maximum Gasteiger partial charge on any atom is 0.329 e. The molecular weight excluding hydrogens is 492 g/mol. The maximum atomic E-state index is 13.3. The van der Waals surface area contributed by atoms with Crippen molar-refractivity contribution in [3.05, 3.63) is 89.4 Å². The lowest BCUT2D eigenvalue weighted by molar-refractivity contribution is -0.151. The maximum absolute atomic E-state index is 13.3. The quantitative estimate of drug-likeness (QED) is 0.207. The van der Waals surface area contributed by atoms with Crippen molar-refractivity contribution in [3.8, 4) is 0 Å². The minimum atomic E-state index is -1.07. The number of nitrogens with one attached hydrogen (secondary N) is 3. The molecule has 2 aromatic rings. The van der Waals surface area contributed by atoms with Crippen LogP contribution in [0.15, 0.2) is 72.5 Å². The lowest BCUT2D eigenvalue weighted by Gasteiger charge is -2.22. The Balaban J connectivity index is 1.95. The molecule has 1 aromatic heterocycles. The number of nitrogens with zero attached hydrogens (tertiary/aromatic N) is 1. The predicted molar refractivity (Wildman–Crippen MR) is 141 cm³/mol. The third kappa shape index (κ3) is 8.60. The molecule has 2 heterocycles. The number of fused-ring (bicyclic) bond motifs is 2. The Hall–Kier alpha value is -3.92. The van der Waals surface area contributed by atoms with Crippen molar-refractivity contribution < 1.29 is 23.9 Å². The van der Waals surface area contributed by atoms with Crippen LogP contribution in [0.25, 0.3) is 0 Å². The van der Waals surface area contributed by atoms with Gasteiger partial charge < -0.3 is 20.7 Å². The van der Waals surface area contributed by atoms with Gasteiger partial charge in [-0.2, -0.15) is 12.6 Å². The second kappa shape index (κ2) is 14.0. The number of cyclic esters (lactones) is 1. The summed E-state index contributed by atoms with van der Waals surface area (Å²) in [5.74, 6) is -1.73. The molecule has 2 atom stereocenters. The first-order valence-corrected chi connectivity index (χ1v) is 12.6. The SMILES string of the molecule is C/C=C1\NC(=O)c2cccc(n2)CNC(=O)C[C@@H](/C=C/CCS)OC(=O)[C@H](Cc2ccccc2)NC1=O. The molecule has 3 N–H and O–H groups in total. The standard InChI is InChI=1S/C27H30N4O5S/c1-2-21-25(33)31-23(15-18-9-4-3-5-10-18)27(35)36-20(12-6-7-14-37)16-24(32)28-17-19-11-8-13-22(29-19)26(34)30-21/h2-6,8-13,20,23,37H,7,14-17H2,1H3,(H,28,32)(H,30,34)(H,31,33)/b12-6+,21-2-/t20-,23+/m1/s1. The van der Waals surface area contributed by atoms with Gasteiger partial charge in [0.1, 0.15) is 23.5 Å². The van der Waals surface area contributed by atoms with Gasteiger partial charge in [0, 0.05) is 6.42 Å². The Morgan fingerprint density at radius 1 is 1.05 bits per heavy atom. The molecule has 37 heavy (non-hydrogen) atoms. The van der Waals surface area contributed by atoms with Crippen LogP contribution in [0.1, 0.15) is 41.5 Å². The lowest BCUT2D eigenvalue weighted by atomic mass is 10.1. The second-order valence-electron chi connectivity index (χ2n) is 8.28. The number of carbonyl (C=O) groups is 4. The van der Waals surface area contributed by atoms with E-state index in [1.807, 2.05) is 30.3 Å². The Labute approximate surface area is 221 Å². The third-order valence-electron chi connectivity index (χ3n) is 5.46. The van der Waals surface area contributed by atoms with Crippen molar-refractivity contribution in [1.29, 1.82) is 0 Å². The van der Waals surface area contributed by atoms with Crippen molar-refractivity contribution in [1.82, 2.24) is 20.9 Å². The van der Waals surface area contributed by atoms with E-state index >= 15 is 0 Å². The molecule has 0 spiro atoms. The van der Waals surface area contributed by atoms with Gasteiger partial charge in [-0.15, -0.1) is 0 Å². The van der Waals surface area contributed by atoms with E-state index in [2.05, 4.69) is 33.6 Å². The van der Waals surface area contributed by atoms with Crippen LogP contribution in [0.5, 0.6) is 0 Å². The zero-order chi connectivity index (χ0) is 26.6. The minimum Gasteiger partial charge on any atom is -0.456 e. The molecule has 3 amide bonds.